The highest BCUT2D eigenvalue weighted by Gasteiger charge is 2.11. The van der Waals surface area contributed by atoms with Gasteiger partial charge < -0.3 is 9.13 Å². The average Bonchev–Trinajstić information content (AvgIpc) is 2.83. The molecule has 0 amide bonds. The van der Waals surface area contributed by atoms with Gasteiger partial charge in [0.2, 0.25) is 0 Å². The maximum Gasteiger partial charge on any atom is 0.173 e. The van der Waals surface area contributed by atoms with Gasteiger partial charge >= 0.3 is 0 Å². The van der Waals surface area contributed by atoms with E-state index in [9.17, 15) is 0 Å². The molecule has 3 heteroatoms. The molecule has 0 fully saturated rings. The van der Waals surface area contributed by atoms with Crippen LogP contribution in [0.2, 0.25) is 0 Å². The second-order valence-electron chi connectivity index (χ2n) is 8.52. The smallest absolute Gasteiger partial charge is 0.173 e. The summed E-state index contributed by atoms with van der Waals surface area (Å²) >= 11 is 0. The topological polar surface area (TPSA) is 6.48 Å². The number of hydrogen-bond donors (Lipinski definition) is 0. The zero-order chi connectivity index (χ0) is 22.6. The Hall–Kier alpha value is -1.42. The molecule has 0 N–H and O–H groups in total. The van der Waals surface area contributed by atoms with Crippen LogP contribution in [0, 0.1) is 0 Å². The second kappa shape index (κ2) is 19.3. The van der Waals surface area contributed by atoms with Gasteiger partial charge in [0.05, 0.1) is 0 Å². The van der Waals surface area contributed by atoms with Crippen molar-refractivity contribution in [1.82, 2.24) is 9.13 Å². The van der Waals surface area contributed by atoms with E-state index in [0.717, 1.165) is 0 Å². The van der Waals surface area contributed by atoms with Crippen LogP contribution in [0.4, 0.5) is 0 Å². The van der Waals surface area contributed by atoms with E-state index in [1.807, 2.05) is 12.1 Å². The van der Waals surface area contributed by atoms with E-state index in [2.05, 4.69) is 85.4 Å². The summed E-state index contributed by atoms with van der Waals surface area (Å²) in [7, 11) is -0.175. The molecule has 0 bridgehead atoms. The largest absolute Gasteiger partial charge is 0.317 e. The first-order valence-corrected chi connectivity index (χ1v) is 14.1. The van der Waals surface area contributed by atoms with Crippen molar-refractivity contribution in [3.05, 3.63) is 60.7 Å². The molecule has 0 aliphatic heterocycles. The van der Waals surface area contributed by atoms with Gasteiger partial charge in [0.1, 0.15) is 0 Å². The van der Waals surface area contributed by atoms with Gasteiger partial charge in [-0.3, -0.25) is 0 Å². The highest BCUT2D eigenvalue weighted by molar-refractivity contribution is 6.28. The summed E-state index contributed by atoms with van der Waals surface area (Å²) in [5, 5.41) is 0. The van der Waals surface area contributed by atoms with E-state index in [0.29, 0.717) is 0 Å². The van der Waals surface area contributed by atoms with Gasteiger partial charge in [-0.2, -0.15) is 0 Å². The molecule has 0 unspecified atom stereocenters. The third-order valence-corrected chi connectivity index (χ3v) is 7.66. The molecule has 2 aromatic carbocycles. The quantitative estimate of drug-likeness (QED) is 0.271. The third kappa shape index (κ3) is 13.6. The first-order valence-electron chi connectivity index (χ1n) is 12.8. The number of benzene rings is 2. The van der Waals surface area contributed by atoms with E-state index in [4.69, 9.17) is 0 Å². The normalized spacial score (nSPS) is 10.9. The van der Waals surface area contributed by atoms with E-state index in [1.165, 1.54) is 88.7 Å². The summed E-state index contributed by atoms with van der Waals surface area (Å²) in [4.78, 5) is 0. The lowest BCUT2D eigenvalue weighted by atomic mass is 10.1. The Morgan fingerprint density at radius 3 is 1.03 bits per heavy atom. The molecule has 0 heterocycles. The van der Waals surface area contributed by atoms with Gasteiger partial charge in [0.25, 0.3) is 0 Å². The SMILES string of the molecule is CCCCN(CCCC)[SiH2]N(CCCC)CCCC.c1ccc(-c2ccccc2)cc1. The van der Waals surface area contributed by atoms with Crippen LogP contribution in [0.5, 0.6) is 0 Å². The fourth-order valence-corrected chi connectivity index (χ4v) is 5.60. The second-order valence-corrected chi connectivity index (χ2v) is 10.6. The van der Waals surface area contributed by atoms with Crippen molar-refractivity contribution in [2.24, 2.45) is 0 Å². The molecule has 0 saturated carbocycles. The molecular formula is C28H48N2Si. The maximum atomic E-state index is 2.82. The van der Waals surface area contributed by atoms with Gasteiger partial charge in [0.15, 0.2) is 9.84 Å². The van der Waals surface area contributed by atoms with Crippen LogP contribution in [-0.4, -0.2) is 45.2 Å². The monoisotopic (exact) mass is 440 g/mol. The Kier molecular flexibility index (Phi) is 17.2. The molecule has 2 rings (SSSR count). The van der Waals surface area contributed by atoms with E-state index in [-0.39, 0.29) is 9.84 Å². The minimum absolute atomic E-state index is 0.175. The molecule has 2 aromatic rings. The molecule has 0 aliphatic carbocycles. The maximum absolute atomic E-state index is 2.82. The minimum atomic E-state index is -0.175. The van der Waals surface area contributed by atoms with Crippen molar-refractivity contribution < 1.29 is 0 Å². The zero-order valence-corrected chi connectivity index (χ0v) is 22.3. The van der Waals surface area contributed by atoms with E-state index in [1.54, 1.807) is 0 Å². The third-order valence-electron chi connectivity index (χ3n) is 5.59. The molecule has 0 saturated heterocycles. The highest BCUT2D eigenvalue weighted by Crippen LogP contribution is 2.17. The Morgan fingerprint density at radius 2 is 0.774 bits per heavy atom. The molecule has 0 radical (unpaired) electrons. The van der Waals surface area contributed by atoms with Crippen molar-refractivity contribution in [2.45, 2.75) is 79.1 Å². The molecule has 0 atom stereocenters. The Labute approximate surface area is 196 Å². The van der Waals surface area contributed by atoms with E-state index >= 15 is 0 Å². The van der Waals surface area contributed by atoms with Crippen molar-refractivity contribution in [3.8, 4) is 11.1 Å². The van der Waals surface area contributed by atoms with Gasteiger partial charge in [0, 0.05) is 0 Å². The lowest BCUT2D eigenvalue weighted by Crippen LogP contribution is -2.43. The number of unbranched alkanes of at least 4 members (excludes halogenated alkanes) is 4. The fraction of sp³-hybridized carbons (Fsp3) is 0.571. The molecule has 0 spiro atoms. The van der Waals surface area contributed by atoms with Gasteiger partial charge in [-0.1, -0.05) is 114 Å². The van der Waals surface area contributed by atoms with Crippen molar-refractivity contribution in [3.63, 3.8) is 0 Å². The molecule has 2 nitrogen and oxygen atoms in total. The van der Waals surface area contributed by atoms with Crippen LogP contribution in [0.1, 0.15) is 79.1 Å². The van der Waals surface area contributed by atoms with Crippen molar-refractivity contribution in [1.29, 1.82) is 0 Å². The van der Waals surface area contributed by atoms with Crippen LogP contribution < -0.4 is 0 Å². The summed E-state index contributed by atoms with van der Waals surface area (Å²) in [5.74, 6) is 0. The molecule has 0 aliphatic rings. The van der Waals surface area contributed by atoms with E-state index < -0.39 is 0 Å². The first-order chi connectivity index (χ1) is 15.2. The molecular weight excluding hydrogens is 392 g/mol. The van der Waals surface area contributed by atoms with Gasteiger partial charge in [-0.05, 0) is 63.0 Å². The molecule has 174 valence electrons. The van der Waals surface area contributed by atoms with Crippen LogP contribution in [0.25, 0.3) is 11.1 Å². The lowest BCUT2D eigenvalue weighted by molar-refractivity contribution is 0.343. The summed E-state index contributed by atoms with van der Waals surface area (Å²) in [6, 6.07) is 20.8. The predicted octanol–water partition coefficient (Wildman–Crippen LogP) is 7.14. The Balaban J connectivity index is 0.000000339. The van der Waals surface area contributed by atoms with Crippen molar-refractivity contribution in [2.75, 3.05) is 26.2 Å². The Morgan fingerprint density at radius 1 is 0.484 bits per heavy atom. The van der Waals surface area contributed by atoms with Crippen LogP contribution in [0.3, 0.4) is 0 Å². The number of rotatable bonds is 15. The predicted molar refractivity (Wildman–Crippen MR) is 143 cm³/mol. The van der Waals surface area contributed by atoms with Crippen molar-refractivity contribution >= 4 is 9.84 Å². The zero-order valence-electron chi connectivity index (χ0n) is 20.9. The summed E-state index contributed by atoms with van der Waals surface area (Å²) in [5.41, 5.74) is 2.55. The van der Waals surface area contributed by atoms with Crippen LogP contribution >= 0.6 is 0 Å². The molecule has 0 aromatic heterocycles. The summed E-state index contributed by atoms with van der Waals surface area (Å²) in [6.07, 6.45) is 10.9. The average molecular weight is 441 g/mol. The van der Waals surface area contributed by atoms with Crippen LogP contribution in [-0.2, 0) is 0 Å². The fourth-order valence-electron chi connectivity index (χ4n) is 3.58. The lowest BCUT2D eigenvalue weighted by Gasteiger charge is -2.30. The van der Waals surface area contributed by atoms with Gasteiger partial charge in [-0.25, -0.2) is 0 Å². The minimum Gasteiger partial charge on any atom is -0.317 e. The number of nitrogens with zero attached hydrogens (tertiary/aromatic N) is 2. The number of hydrogen-bond acceptors (Lipinski definition) is 2. The summed E-state index contributed by atoms with van der Waals surface area (Å²) < 4.78 is 5.64. The summed E-state index contributed by atoms with van der Waals surface area (Å²) in [6.45, 7) is 14.6. The Bertz CT molecular complexity index is 546. The highest BCUT2D eigenvalue weighted by atomic mass is 28.2. The standard InChI is InChI=1S/C16H38N2Si.C12H10/c1-5-9-13-17(14-10-6-2)19-18(15-11-7-3)16-12-8-4;1-3-7-11(8-4-1)12-9-5-2-6-10-12/h5-16,19H2,1-4H3;1-10H. The molecule has 31 heavy (non-hydrogen) atoms. The van der Waals surface area contributed by atoms with Gasteiger partial charge in [-0.15, -0.1) is 0 Å². The first kappa shape index (κ1) is 27.6. The van der Waals surface area contributed by atoms with Crippen LogP contribution in [0.15, 0.2) is 60.7 Å².